The molecular formula is C16H20N4O5. The summed E-state index contributed by atoms with van der Waals surface area (Å²) in [7, 11) is 1.25. The Morgan fingerprint density at radius 3 is 2.84 bits per heavy atom. The SMILES string of the molecule is COC(=O)CN1C(=O)[C@@H](OCOCc2ccccc2)C[C@H]1CN=[N+]=[N-]. The van der Waals surface area contributed by atoms with Crippen molar-refractivity contribution in [1.82, 2.24) is 4.90 Å². The van der Waals surface area contributed by atoms with Gasteiger partial charge in [-0.15, -0.1) is 0 Å². The number of methoxy groups -OCH3 is 1. The van der Waals surface area contributed by atoms with Crippen LogP contribution in [-0.2, 0) is 30.4 Å². The first-order valence-electron chi connectivity index (χ1n) is 7.77. The third-order valence-electron chi connectivity index (χ3n) is 3.83. The van der Waals surface area contributed by atoms with Crippen molar-refractivity contribution in [2.24, 2.45) is 5.11 Å². The van der Waals surface area contributed by atoms with Gasteiger partial charge < -0.3 is 19.1 Å². The number of azide groups is 1. The molecule has 1 amide bonds. The highest BCUT2D eigenvalue weighted by molar-refractivity contribution is 5.87. The lowest BCUT2D eigenvalue weighted by molar-refractivity contribution is -0.153. The van der Waals surface area contributed by atoms with Crippen LogP contribution < -0.4 is 0 Å². The molecule has 1 heterocycles. The third-order valence-corrected chi connectivity index (χ3v) is 3.83. The molecule has 2 rings (SSSR count). The molecule has 9 nitrogen and oxygen atoms in total. The number of rotatable bonds is 9. The Hall–Kier alpha value is -2.61. The fourth-order valence-electron chi connectivity index (χ4n) is 2.56. The molecule has 1 aromatic rings. The Labute approximate surface area is 145 Å². The van der Waals surface area contributed by atoms with Crippen molar-refractivity contribution >= 4 is 11.9 Å². The van der Waals surface area contributed by atoms with Crippen molar-refractivity contribution < 1.29 is 23.8 Å². The number of carbonyl (C=O) groups is 2. The lowest BCUT2D eigenvalue weighted by atomic mass is 10.2. The number of hydrogen-bond acceptors (Lipinski definition) is 6. The van der Waals surface area contributed by atoms with Crippen LogP contribution >= 0.6 is 0 Å². The molecule has 134 valence electrons. The van der Waals surface area contributed by atoms with Crippen LogP contribution in [-0.4, -0.2) is 55.9 Å². The average molecular weight is 348 g/mol. The van der Waals surface area contributed by atoms with Gasteiger partial charge in [-0.05, 0) is 11.1 Å². The van der Waals surface area contributed by atoms with Gasteiger partial charge >= 0.3 is 5.97 Å². The van der Waals surface area contributed by atoms with E-state index in [1.807, 2.05) is 30.3 Å². The van der Waals surface area contributed by atoms with E-state index in [9.17, 15) is 9.59 Å². The summed E-state index contributed by atoms with van der Waals surface area (Å²) in [5.74, 6) is -0.882. The summed E-state index contributed by atoms with van der Waals surface area (Å²) < 4.78 is 15.5. The highest BCUT2D eigenvalue weighted by Crippen LogP contribution is 2.22. The molecule has 25 heavy (non-hydrogen) atoms. The average Bonchev–Trinajstić information content (AvgIpc) is 2.93. The zero-order chi connectivity index (χ0) is 18.1. The molecule has 0 radical (unpaired) electrons. The van der Waals surface area contributed by atoms with Crippen LogP contribution in [0.5, 0.6) is 0 Å². The second-order valence-electron chi connectivity index (χ2n) is 5.45. The standard InChI is InChI=1S/C16H20N4O5/c1-23-15(21)9-20-13(8-18-19-17)7-14(16(20)22)25-11-24-10-12-5-3-2-4-6-12/h2-6,13-14H,7-11H2,1H3/t13-,14-/m0/s1. The first-order valence-corrected chi connectivity index (χ1v) is 7.77. The topological polar surface area (TPSA) is 114 Å². The summed E-state index contributed by atoms with van der Waals surface area (Å²) in [5, 5.41) is 3.49. The molecule has 0 saturated carbocycles. The van der Waals surface area contributed by atoms with E-state index in [1.165, 1.54) is 12.0 Å². The Balaban J connectivity index is 1.86. The molecule has 1 aliphatic heterocycles. The molecule has 0 bridgehead atoms. The Morgan fingerprint density at radius 1 is 1.40 bits per heavy atom. The van der Waals surface area contributed by atoms with E-state index < -0.39 is 18.1 Å². The van der Waals surface area contributed by atoms with Gasteiger partial charge in [0.15, 0.2) is 0 Å². The molecule has 9 heteroatoms. The summed E-state index contributed by atoms with van der Waals surface area (Å²) in [4.78, 5) is 27.9. The summed E-state index contributed by atoms with van der Waals surface area (Å²) in [6.45, 7) is 0.191. The molecule has 1 aromatic carbocycles. The Morgan fingerprint density at radius 2 is 2.16 bits per heavy atom. The smallest absolute Gasteiger partial charge is 0.325 e. The van der Waals surface area contributed by atoms with Crippen LogP contribution in [0, 0.1) is 0 Å². The summed E-state index contributed by atoms with van der Waals surface area (Å²) in [6.07, 6.45) is -0.414. The third kappa shape index (κ3) is 5.46. The van der Waals surface area contributed by atoms with E-state index in [2.05, 4.69) is 14.8 Å². The first kappa shape index (κ1) is 18.7. The highest BCUT2D eigenvalue weighted by atomic mass is 16.7. The molecule has 0 aromatic heterocycles. The van der Waals surface area contributed by atoms with Gasteiger partial charge in [0.2, 0.25) is 0 Å². The maximum atomic E-state index is 12.4. The van der Waals surface area contributed by atoms with E-state index in [-0.39, 0.29) is 25.8 Å². The number of likely N-dealkylation sites (tertiary alicyclic amines) is 1. The minimum Gasteiger partial charge on any atom is -0.468 e. The second kappa shape index (κ2) is 9.63. The van der Waals surface area contributed by atoms with Crippen LogP contribution in [0.1, 0.15) is 12.0 Å². The molecule has 0 unspecified atom stereocenters. The van der Waals surface area contributed by atoms with Gasteiger partial charge in [0, 0.05) is 23.9 Å². The van der Waals surface area contributed by atoms with Crippen molar-refractivity contribution in [2.45, 2.75) is 25.2 Å². The van der Waals surface area contributed by atoms with Crippen molar-refractivity contribution in [3.05, 3.63) is 46.3 Å². The second-order valence-corrected chi connectivity index (χ2v) is 5.45. The van der Waals surface area contributed by atoms with E-state index in [1.54, 1.807) is 0 Å². The van der Waals surface area contributed by atoms with Gasteiger partial charge in [0.05, 0.1) is 13.7 Å². The minimum absolute atomic E-state index is 0.0500. The van der Waals surface area contributed by atoms with Crippen LogP contribution in [0.2, 0.25) is 0 Å². The molecule has 2 atom stereocenters. The van der Waals surface area contributed by atoms with E-state index in [0.717, 1.165) is 5.56 Å². The van der Waals surface area contributed by atoms with Gasteiger partial charge in [0.25, 0.3) is 5.91 Å². The largest absolute Gasteiger partial charge is 0.468 e. The summed E-state index contributed by atoms with van der Waals surface area (Å²) >= 11 is 0. The lowest BCUT2D eigenvalue weighted by Crippen LogP contribution is -2.40. The Bertz CT molecular complexity index is 633. The Kier molecular flexibility index (Phi) is 7.21. The number of nitrogens with zero attached hydrogens (tertiary/aromatic N) is 4. The van der Waals surface area contributed by atoms with E-state index >= 15 is 0 Å². The van der Waals surface area contributed by atoms with Crippen molar-refractivity contribution in [2.75, 3.05) is 27.0 Å². The number of amides is 1. The molecule has 1 aliphatic rings. The number of ether oxygens (including phenoxy) is 3. The molecule has 0 spiro atoms. The zero-order valence-electron chi connectivity index (χ0n) is 13.9. The van der Waals surface area contributed by atoms with E-state index in [4.69, 9.17) is 15.0 Å². The first-order chi connectivity index (χ1) is 12.2. The van der Waals surface area contributed by atoms with Gasteiger partial charge in [-0.3, -0.25) is 9.59 Å². The van der Waals surface area contributed by atoms with Crippen LogP contribution in [0.15, 0.2) is 35.4 Å². The number of hydrogen-bond donors (Lipinski definition) is 0. The van der Waals surface area contributed by atoms with Crippen molar-refractivity contribution in [3.63, 3.8) is 0 Å². The number of benzene rings is 1. The number of carbonyl (C=O) groups excluding carboxylic acids is 2. The maximum absolute atomic E-state index is 12.4. The van der Waals surface area contributed by atoms with Crippen molar-refractivity contribution in [3.8, 4) is 0 Å². The van der Waals surface area contributed by atoms with Gasteiger partial charge in [0.1, 0.15) is 19.4 Å². The molecular weight excluding hydrogens is 328 g/mol. The summed E-state index contributed by atoms with van der Waals surface area (Å²) in [5.41, 5.74) is 9.46. The predicted octanol–water partition coefficient (Wildman–Crippen LogP) is 1.63. The fraction of sp³-hybridized carbons (Fsp3) is 0.500. The van der Waals surface area contributed by atoms with Crippen LogP contribution in [0.3, 0.4) is 0 Å². The van der Waals surface area contributed by atoms with Crippen LogP contribution in [0.4, 0.5) is 0 Å². The fourth-order valence-corrected chi connectivity index (χ4v) is 2.56. The predicted molar refractivity (Wildman–Crippen MR) is 87.1 cm³/mol. The van der Waals surface area contributed by atoms with Gasteiger partial charge in [-0.25, -0.2) is 0 Å². The maximum Gasteiger partial charge on any atom is 0.325 e. The highest BCUT2D eigenvalue weighted by Gasteiger charge is 2.40. The quantitative estimate of drug-likeness (QED) is 0.168. The van der Waals surface area contributed by atoms with Gasteiger partial charge in [-0.2, -0.15) is 0 Å². The molecule has 0 aliphatic carbocycles. The minimum atomic E-state index is -0.737. The van der Waals surface area contributed by atoms with Crippen LogP contribution in [0.25, 0.3) is 10.4 Å². The van der Waals surface area contributed by atoms with Crippen molar-refractivity contribution in [1.29, 1.82) is 0 Å². The molecule has 0 N–H and O–H groups in total. The van der Waals surface area contributed by atoms with Gasteiger partial charge in [-0.1, -0.05) is 35.4 Å². The zero-order valence-corrected chi connectivity index (χ0v) is 13.9. The summed E-state index contributed by atoms with van der Waals surface area (Å²) in [6, 6.07) is 9.18. The normalized spacial score (nSPS) is 19.6. The monoisotopic (exact) mass is 348 g/mol. The molecule has 1 saturated heterocycles. The lowest BCUT2D eigenvalue weighted by Gasteiger charge is -2.21. The number of esters is 1. The van der Waals surface area contributed by atoms with E-state index in [0.29, 0.717) is 13.0 Å². The molecule has 1 fully saturated rings.